The highest BCUT2D eigenvalue weighted by Gasteiger charge is 2.22. The molecule has 0 aliphatic rings. The zero-order valence-electron chi connectivity index (χ0n) is 22.9. The van der Waals surface area contributed by atoms with Gasteiger partial charge in [0, 0.05) is 52.5 Å². The van der Waals surface area contributed by atoms with E-state index in [9.17, 15) is 0 Å². The summed E-state index contributed by atoms with van der Waals surface area (Å²) >= 11 is 1.88. The van der Waals surface area contributed by atoms with Gasteiger partial charge in [0.25, 0.3) is 0 Å². The smallest absolute Gasteiger partial charge is 0.0985 e. The van der Waals surface area contributed by atoms with Crippen molar-refractivity contribution in [2.45, 2.75) is 0 Å². The van der Waals surface area contributed by atoms with Crippen molar-refractivity contribution in [2.75, 3.05) is 0 Å². The Bertz CT molecular complexity index is 3010. The molecule has 43 heavy (non-hydrogen) atoms. The number of fused-ring (bicyclic) bond motifs is 16. The zero-order chi connectivity index (χ0) is 27.8. The molecule has 0 atom stereocenters. The molecule has 6 aromatic carbocycles. The third kappa shape index (κ3) is 2.64. The predicted octanol–water partition coefficient (Wildman–Crippen LogP) is 10.9. The van der Waals surface area contributed by atoms with Crippen LogP contribution in [0.25, 0.3) is 96.6 Å². The molecule has 0 bridgehead atoms. The number of pyridine rings is 1. The van der Waals surface area contributed by atoms with Gasteiger partial charge in [-0.15, -0.1) is 11.3 Å². The summed E-state index contributed by atoms with van der Waals surface area (Å²) in [5.41, 5.74) is 9.23. The minimum absolute atomic E-state index is 1.01. The SMILES string of the molecule is c1ccc2nc3c4c5sc6ccccc6c5ccc4n4c5ccccc5c5ccc6c7ccccc7n(c3cc2c1)c6c54. The number of nitrogens with zero attached hydrogens (tertiary/aromatic N) is 3. The number of para-hydroxylation sites is 3. The number of benzene rings is 6. The van der Waals surface area contributed by atoms with Crippen molar-refractivity contribution < 1.29 is 0 Å². The van der Waals surface area contributed by atoms with Gasteiger partial charge >= 0.3 is 0 Å². The average molecular weight is 564 g/mol. The van der Waals surface area contributed by atoms with E-state index in [4.69, 9.17) is 4.98 Å². The van der Waals surface area contributed by atoms with Gasteiger partial charge in [0.1, 0.15) is 0 Å². The molecule has 0 aliphatic heterocycles. The lowest BCUT2D eigenvalue weighted by molar-refractivity contribution is 1.30. The molecule has 0 aliphatic carbocycles. The highest BCUT2D eigenvalue weighted by molar-refractivity contribution is 7.26. The van der Waals surface area contributed by atoms with Crippen LogP contribution in [-0.2, 0) is 0 Å². The van der Waals surface area contributed by atoms with Crippen molar-refractivity contribution in [3.8, 4) is 0 Å². The second kappa shape index (κ2) is 7.68. The largest absolute Gasteiger partial charge is 0.306 e. The van der Waals surface area contributed by atoms with Gasteiger partial charge in [0.05, 0.1) is 44.1 Å². The highest BCUT2D eigenvalue weighted by atomic mass is 32.1. The van der Waals surface area contributed by atoms with Crippen LogP contribution in [0.5, 0.6) is 0 Å². The van der Waals surface area contributed by atoms with E-state index in [1.54, 1.807) is 0 Å². The fourth-order valence-corrected chi connectivity index (χ4v) is 8.90. The molecule has 0 saturated carbocycles. The Balaban J connectivity index is 1.62. The molecular formula is C39H21N3S. The van der Waals surface area contributed by atoms with Crippen LogP contribution in [-0.4, -0.2) is 13.8 Å². The van der Waals surface area contributed by atoms with Crippen LogP contribution in [0, 0.1) is 0 Å². The number of thiophene rings is 1. The Hall–Kier alpha value is -5.45. The van der Waals surface area contributed by atoms with Crippen LogP contribution in [0.2, 0.25) is 0 Å². The fraction of sp³-hybridized carbons (Fsp3) is 0. The normalized spacial score (nSPS) is 12.7. The van der Waals surface area contributed by atoms with Crippen LogP contribution in [0.15, 0.2) is 127 Å². The Labute approximate surface area is 248 Å². The summed E-state index contributed by atoms with van der Waals surface area (Å²) in [6.45, 7) is 0. The summed E-state index contributed by atoms with van der Waals surface area (Å²) in [4.78, 5) is 5.53. The third-order valence-corrected chi connectivity index (χ3v) is 10.6. The molecule has 0 amide bonds. The lowest BCUT2D eigenvalue weighted by Crippen LogP contribution is -1.96. The van der Waals surface area contributed by atoms with Gasteiger partial charge < -0.3 is 8.80 Å². The van der Waals surface area contributed by atoms with Gasteiger partial charge in [-0.2, -0.15) is 0 Å². The van der Waals surface area contributed by atoms with Gasteiger partial charge in [-0.25, -0.2) is 4.98 Å². The molecule has 0 fully saturated rings. The molecule has 11 aromatic rings. The van der Waals surface area contributed by atoms with Crippen molar-refractivity contribution in [1.82, 2.24) is 13.8 Å². The first kappa shape index (κ1) is 22.2. The Kier molecular flexibility index (Phi) is 3.96. The second-order valence-electron chi connectivity index (χ2n) is 11.5. The first-order valence-corrected chi connectivity index (χ1v) is 15.5. The van der Waals surface area contributed by atoms with Gasteiger partial charge in [0.2, 0.25) is 0 Å². The molecule has 198 valence electrons. The summed E-state index contributed by atoms with van der Waals surface area (Å²) in [6.07, 6.45) is 0. The topological polar surface area (TPSA) is 21.7 Å². The Morgan fingerprint density at radius 3 is 1.84 bits per heavy atom. The van der Waals surface area contributed by atoms with E-state index in [-0.39, 0.29) is 0 Å². The third-order valence-electron chi connectivity index (χ3n) is 9.42. The summed E-state index contributed by atoms with van der Waals surface area (Å²) < 4.78 is 7.58. The molecule has 0 radical (unpaired) electrons. The molecular weight excluding hydrogens is 543 g/mol. The standard InChI is InChI=1S/C39H21N3S/c1-5-13-29-22(9-1)21-33-36(40-29)35-32(20-19-28-25-12-4-8-16-34(25)43-39(28)35)41-30-14-6-2-10-23(30)26-17-18-27-24-11-3-7-15-31(24)42(33)38(27)37(26)41/h1-21H. The number of rotatable bonds is 0. The van der Waals surface area contributed by atoms with Crippen molar-refractivity contribution in [1.29, 1.82) is 0 Å². The maximum atomic E-state index is 5.53. The quantitative estimate of drug-likeness (QED) is 0.180. The lowest BCUT2D eigenvalue weighted by Gasteiger charge is -2.12. The van der Waals surface area contributed by atoms with Crippen molar-refractivity contribution in [3.05, 3.63) is 127 Å². The van der Waals surface area contributed by atoms with E-state index in [1.165, 1.54) is 74.7 Å². The van der Waals surface area contributed by atoms with Gasteiger partial charge in [-0.3, -0.25) is 0 Å². The van der Waals surface area contributed by atoms with Gasteiger partial charge in [-0.1, -0.05) is 91.0 Å². The first-order valence-electron chi connectivity index (χ1n) is 14.7. The molecule has 3 nitrogen and oxygen atoms in total. The van der Waals surface area contributed by atoms with Crippen molar-refractivity contribution in [2.24, 2.45) is 0 Å². The molecule has 0 N–H and O–H groups in total. The minimum Gasteiger partial charge on any atom is -0.306 e. The summed E-state index contributed by atoms with van der Waals surface area (Å²) in [7, 11) is 0. The monoisotopic (exact) mass is 563 g/mol. The zero-order valence-corrected chi connectivity index (χ0v) is 23.7. The van der Waals surface area contributed by atoms with Gasteiger partial charge in [-0.05, 0) is 36.4 Å². The minimum atomic E-state index is 1.01. The van der Waals surface area contributed by atoms with Crippen LogP contribution >= 0.6 is 11.3 Å². The van der Waals surface area contributed by atoms with Crippen molar-refractivity contribution >= 4 is 108 Å². The molecule has 5 heterocycles. The van der Waals surface area contributed by atoms with E-state index in [1.807, 2.05) is 11.3 Å². The maximum Gasteiger partial charge on any atom is 0.0985 e. The summed E-state index contributed by atoms with van der Waals surface area (Å²) in [6, 6.07) is 46.6. The van der Waals surface area contributed by atoms with E-state index in [2.05, 4.69) is 136 Å². The molecule has 0 saturated heterocycles. The van der Waals surface area contributed by atoms with Crippen LogP contribution in [0.4, 0.5) is 0 Å². The Morgan fingerprint density at radius 1 is 0.465 bits per heavy atom. The maximum absolute atomic E-state index is 5.53. The summed E-state index contributed by atoms with van der Waals surface area (Å²) in [5.74, 6) is 0. The van der Waals surface area contributed by atoms with Crippen molar-refractivity contribution in [3.63, 3.8) is 0 Å². The highest BCUT2D eigenvalue weighted by Crippen LogP contribution is 2.45. The van der Waals surface area contributed by atoms with Gasteiger partial charge in [0.15, 0.2) is 0 Å². The lowest BCUT2D eigenvalue weighted by atomic mass is 10.1. The molecule has 0 spiro atoms. The van der Waals surface area contributed by atoms with E-state index in [0.29, 0.717) is 0 Å². The summed E-state index contributed by atoms with van der Waals surface area (Å²) in [5, 5.41) is 9.98. The average Bonchev–Trinajstić information content (AvgIpc) is 3.71. The molecule has 11 rings (SSSR count). The van der Waals surface area contributed by atoms with E-state index >= 15 is 0 Å². The molecule has 0 unspecified atom stereocenters. The first-order chi connectivity index (χ1) is 21.3. The Morgan fingerprint density at radius 2 is 1.07 bits per heavy atom. The van der Waals surface area contributed by atoms with Crippen LogP contribution in [0.3, 0.4) is 0 Å². The number of hydrogen-bond donors (Lipinski definition) is 0. The molecule has 4 heteroatoms. The van der Waals surface area contributed by atoms with Crippen LogP contribution in [0.1, 0.15) is 0 Å². The van der Waals surface area contributed by atoms with E-state index < -0.39 is 0 Å². The van der Waals surface area contributed by atoms with Crippen LogP contribution < -0.4 is 0 Å². The predicted molar refractivity (Wildman–Crippen MR) is 184 cm³/mol. The number of aromatic nitrogens is 3. The second-order valence-corrected chi connectivity index (χ2v) is 12.6. The number of hydrogen-bond acceptors (Lipinski definition) is 2. The molecule has 5 aromatic heterocycles. The van der Waals surface area contributed by atoms with E-state index in [0.717, 1.165) is 21.9 Å². The fourth-order valence-electron chi connectivity index (χ4n) is 7.65.